The Hall–Kier alpha value is -1.88. The van der Waals surface area contributed by atoms with E-state index in [1.807, 2.05) is 30.3 Å². The molecular formula is C25H31ClN2O2. The molecule has 160 valence electrons. The molecule has 2 N–H and O–H groups in total. The molecule has 2 aromatic rings. The van der Waals surface area contributed by atoms with E-state index in [-0.39, 0.29) is 17.5 Å². The number of carbonyl (C=O) groups excluding carboxylic acids is 1. The second kappa shape index (κ2) is 9.09. The summed E-state index contributed by atoms with van der Waals surface area (Å²) in [6.07, 6.45) is 4.59. The summed E-state index contributed by atoms with van der Waals surface area (Å²) >= 11 is 6.22. The van der Waals surface area contributed by atoms with E-state index in [0.717, 1.165) is 37.7 Å². The van der Waals surface area contributed by atoms with Gasteiger partial charge in [-0.3, -0.25) is 4.79 Å². The van der Waals surface area contributed by atoms with Crippen molar-refractivity contribution in [1.82, 2.24) is 10.6 Å². The zero-order chi connectivity index (χ0) is 21.0. The molecule has 2 aromatic carbocycles. The third-order valence-electron chi connectivity index (χ3n) is 6.88. The first-order valence-corrected chi connectivity index (χ1v) is 11.4. The third-order valence-corrected chi connectivity index (χ3v) is 7.11. The lowest BCUT2D eigenvalue weighted by molar-refractivity contribution is -0.130. The fourth-order valence-corrected chi connectivity index (χ4v) is 4.99. The maximum Gasteiger partial charge on any atom is 0.230 e. The van der Waals surface area contributed by atoms with Crippen molar-refractivity contribution in [2.45, 2.75) is 56.0 Å². The van der Waals surface area contributed by atoms with Gasteiger partial charge in [-0.15, -0.1) is 0 Å². The number of benzene rings is 2. The maximum absolute atomic E-state index is 13.4. The van der Waals surface area contributed by atoms with Crippen molar-refractivity contribution in [1.29, 1.82) is 0 Å². The number of ether oxygens (including phenoxy) is 1. The molecule has 1 saturated heterocycles. The van der Waals surface area contributed by atoms with Crippen LogP contribution in [0.1, 0.15) is 56.2 Å². The third kappa shape index (κ3) is 4.41. The monoisotopic (exact) mass is 426 g/mol. The van der Waals surface area contributed by atoms with Gasteiger partial charge in [-0.25, -0.2) is 0 Å². The lowest BCUT2D eigenvalue weighted by Crippen LogP contribution is -2.59. The van der Waals surface area contributed by atoms with E-state index < -0.39 is 5.41 Å². The number of nitrogens with one attached hydrogen (secondary N) is 2. The standard InChI is InChI=1S/C25H31ClN2O2/c1-19(20-7-3-2-4-8-20)28-24(13-15-30-16-14-24)18-27-23(29)25(11-6-12-25)21-9-5-10-22(26)17-21/h2-5,7-10,17,19,28H,6,11-16,18H2,1H3,(H,27,29). The van der Waals surface area contributed by atoms with Gasteiger partial charge in [0.2, 0.25) is 5.91 Å². The molecule has 30 heavy (non-hydrogen) atoms. The fraction of sp³-hybridized carbons (Fsp3) is 0.480. The minimum Gasteiger partial charge on any atom is -0.381 e. The molecule has 1 aliphatic heterocycles. The minimum absolute atomic E-state index is 0.121. The van der Waals surface area contributed by atoms with Crippen molar-refractivity contribution in [3.05, 3.63) is 70.7 Å². The van der Waals surface area contributed by atoms with Crippen LogP contribution >= 0.6 is 11.6 Å². The van der Waals surface area contributed by atoms with Crippen LogP contribution in [0.5, 0.6) is 0 Å². The van der Waals surface area contributed by atoms with Gasteiger partial charge in [-0.2, -0.15) is 0 Å². The van der Waals surface area contributed by atoms with Crippen LogP contribution < -0.4 is 10.6 Å². The van der Waals surface area contributed by atoms with E-state index >= 15 is 0 Å². The summed E-state index contributed by atoms with van der Waals surface area (Å²) in [4.78, 5) is 13.4. The number of rotatable bonds is 7. The molecule has 1 aliphatic carbocycles. The molecule has 1 unspecified atom stereocenters. The number of amides is 1. The van der Waals surface area contributed by atoms with Crippen molar-refractivity contribution in [2.75, 3.05) is 19.8 Å². The van der Waals surface area contributed by atoms with Gasteiger partial charge < -0.3 is 15.4 Å². The van der Waals surface area contributed by atoms with Gasteiger partial charge in [-0.05, 0) is 55.9 Å². The normalized spacial score (nSPS) is 20.7. The van der Waals surface area contributed by atoms with Crippen LogP contribution in [0.2, 0.25) is 5.02 Å². The molecule has 1 saturated carbocycles. The Balaban J connectivity index is 1.48. The number of hydrogen-bond donors (Lipinski definition) is 2. The summed E-state index contributed by atoms with van der Waals surface area (Å²) in [5, 5.41) is 7.82. The molecule has 2 aliphatic rings. The van der Waals surface area contributed by atoms with Crippen molar-refractivity contribution in [3.8, 4) is 0 Å². The average Bonchev–Trinajstić information content (AvgIpc) is 2.73. The van der Waals surface area contributed by atoms with E-state index in [2.05, 4.69) is 41.8 Å². The van der Waals surface area contributed by atoms with Crippen LogP contribution in [0.3, 0.4) is 0 Å². The number of halogens is 1. The summed E-state index contributed by atoms with van der Waals surface area (Å²) in [5.74, 6) is 0.121. The van der Waals surface area contributed by atoms with E-state index in [4.69, 9.17) is 16.3 Å². The summed E-state index contributed by atoms with van der Waals surface area (Å²) in [5.41, 5.74) is 1.68. The zero-order valence-electron chi connectivity index (χ0n) is 17.6. The first kappa shape index (κ1) is 21.4. The van der Waals surface area contributed by atoms with Crippen LogP contribution in [0.25, 0.3) is 0 Å². The van der Waals surface area contributed by atoms with Gasteiger partial charge >= 0.3 is 0 Å². The average molecular weight is 427 g/mol. The molecule has 0 radical (unpaired) electrons. The largest absolute Gasteiger partial charge is 0.381 e. The highest BCUT2D eigenvalue weighted by Crippen LogP contribution is 2.44. The molecular weight excluding hydrogens is 396 g/mol. The van der Waals surface area contributed by atoms with Crippen molar-refractivity contribution < 1.29 is 9.53 Å². The first-order valence-electron chi connectivity index (χ1n) is 11.0. The lowest BCUT2D eigenvalue weighted by atomic mass is 9.63. The quantitative estimate of drug-likeness (QED) is 0.670. The van der Waals surface area contributed by atoms with Crippen molar-refractivity contribution >= 4 is 17.5 Å². The number of carbonyl (C=O) groups is 1. The molecule has 5 heteroatoms. The molecule has 0 bridgehead atoms. The van der Waals surface area contributed by atoms with Crippen LogP contribution in [0.4, 0.5) is 0 Å². The molecule has 0 aromatic heterocycles. The van der Waals surface area contributed by atoms with Crippen LogP contribution in [0, 0.1) is 0 Å². The van der Waals surface area contributed by atoms with E-state index in [0.29, 0.717) is 24.8 Å². The van der Waals surface area contributed by atoms with E-state index in [9.17, 15) is 4.79 Å². The Kier molecular flexibility index (Phi) is 6.47. The van der Waals surface area contributed by atoms with E-state index in [1.165, 1.54) is 5.56 Å². The summed E-state index contributed by atoms with van der Waals surface area (Å²) in [6, 6.07) is 18.4. The van der Waals surface area contributed by atoms with Gasteiger partial charge in [0.1, 0.15) is 0 Å². The second-order valence-electron chi connectivity index (χ2n) is 8.80. The van der Waals surface area contributed by atoms with Crippen molar-refractivity contribution in [2.24, 2.45) is 0 Å². The Morgan fingerprint density at radius 2 is 1.80 bits per heavy atom. The van der Waals surface area contributed by atoms with Crippen molar-refractivity contribution in [3.63, 3.8) is 0 Å². The number of hydrogen-bond acceptors (Lipinski definition) is 3. The Labute approximate surface area is 184 Å². The molecule has 1 amide bonds. The van der Waals surface area contributed by atoms with Gasteiger partial charge in [-0.1, -0.05) is 60.5 Å². The fourth-order valence-electron chi connectivity index (χ4n) is 4.80. The molecule has 1 heterocycles. The smallest absolute Gasteiger partial charge is 0.230 e. The van der Waals surface area contributed by atoms with E-state index in [1.54, 1.807) is 0 Å². The highest BCUT2D eigenvalue weighted by Gasteiger charge is 2.46. The molecule has 0 spiro atoms. The lowest BCUT2D eigenvalue weighted by Gasteiger charge is -2.44. The molecule has 1 atom stereocenters. The highest BCUT2D eigenvalue weighted by atomic mass is 35.5. The predicted molar refractivity (Wildman–Crippen MR) is 121 cm³/mol. The highest BCUT2D eigenvalue weighted by molar-refractivity contribution is 6.30. The summed E-state index contributed by atoms with van der Waals surface area (Å²) in [7, 11) is 0. The minimum atomic E-state index is -0.442. The Morgan fingerprint density at radius 3 is 2.43 bits per heavy atom. The first-order chi connectivity index (χ1) is 14.5. The van der Waals surface area contributed by atoms with Gasteiger partial charge in [0.25, 0.3) is 0 Å². The predicted octanol–water partition coefficient (Wildman–Crippen LogP) is 4.78. The topological polar surface area (TPSA) is 50.4 Å². The SMILES string of the molecule is CC(NC1(CNC(=O)C2(c3cccc(Cl)c3)CCC2)CCOCC1)c1ccccc1. The van der Waals surface area contributed by atoms with Crippen LogP contribution in [0.15, 0.2) is 54.6 Å². The van der Waals surface area contributed by atoms with Gasteiger partial charge in [0, 0.05) is 36.4 Å². The Morgan fingerprint density at radius 1 is 1.07 bits per heavy atom. The van der Waals surface area contributed by atoms with Crippen LogP contribution in [-0.4, -0.2) is 31.2 Å². The summed E-state index contributed by atoms with van der Waals surface area (Å²) in [6.45, 7) is 4.22. The molecule has 2 fully saturated rings. The van der Waals surface area contributed by atoms with Gasteiger partial charge in [0.15, 0.2) is 0 Å². The maximum atomic E-state index is 13.4. The zero-order valence-corrected chi connectivity index (χ0v) is 18.4. The van der Waals surface area contributed by atoms with Crippen LogP contribution in [-0.2, 0) is 14.9 Å². The second-order valence-corrected chi connectivity index (χ2v) is 9.23. The van der Waals surface area contributed by atoms with Gasteiger partial charge in [0.05, 0.1) is 5.41 Å². The molecule has 4 nitrogen and oxygen atoms in total. The summed E-state index contributed by atoms with van der Waals surface area (Å²) < 4.78 is 5.63. The molecule has 4 rings (SSSR count). The Bertz CT molecular complexity index is 860.